The first-order valence-electron chi connectivity index (χ1n) is 6.10. The fourth-order valence-electron chi connectivity index (χ4n) is 2.24. The van der Waals surface area contributed by atoms with Crippen molar-refractivity contribution in [3.05, 3.63) is 23.5 Å². The molecule has 1 aromatic rings. The molecule has 1 fully saturated rings. The summed E-state index contributed by atoms with van der Waals surface area (Å²) >= 11 is 1.95. The quantitative estimate of drug-likeness (QED) is 0.852. The zero-order valence-corrected chi connectivity index (χ0v) is 11.2. The van der Waals surface area contributed by atoms with Gasteiger partial charge in [0.15, 0.2) is 5.78 Å². The van der Waals surface area contributed by atoms with E-state index in [1.54, 1.807) is 10.8 Å². The van der Waals surface area contributed by atoms with E-state index in [4.69, 9.17) is 5.11 Å². The molecule has 5 heteroatoms. The van der Waals surface area contributed by atoms with Crippen molar-refractivity contribution in [1.29, 1.82) is 0 Å². The highest BCUT2D eigenvalue weighted by Crippen LogP contribution is 2.25. The van der Waals surface area contributed by atoms with Crippen molar-refractivity contribution in [2.45, 2.75) is 26.3 Å². The van der Waals surface area contributed by atoms with E-state index < -0.39 is 5.97 Å². The van der Waals surface area contributed by atoms with Crippen LogP contribution >= 0.6 is 11.8 Å². The maximum atomic E-state index is 11.3. The molecule has 1 aliphatic heterocycles. The van der Waals surface area contributed by atoms with Crippen molar-refractivity contribution < 1.29 is 14.7 Å². The second-order valence-corrected chi connectivity index (χ2v) is 5.91. The van der Waals surface area contributed by atoms with Crippen LogP contribution in [0.5, 0.6) is 0 Å². The molecule has 2 rings (SSSR count). The summed E-state index contributed by atoms with van der Waals surface area (Å²) in [5, 5.41) is 9.15. The lowest BCUT2D eigenvalue weighted by Gasteiger charge is -2.22. The molecule has 0 amide bonds. The Balaban J connectivity index is 2.19. The van der Waals surface area contributed by atoms with Crippen LogP contribution in [0.3, 0.4) is 0 Å². The number of aromatic nitrogens is 1. The van der Waals surface area contributed by atoms with E-state index in [1.807, 2.05) is 11.8 Å². The molecule has 98 valence electrons. The molecule has 0 spiro atoms. The van der Waals surface area contributed by atoms with Gasteiger partial charge in [-0.2, -0.15) is 11.8 Å². The summed E-state index contributed by atoms with van der Waals surface area (Å²) in [5.41, 5.74) is 0.705. The second kappa shape index (κ2) is 5.61. The van der Waals surface area contributed by atoms with Crippen LogP contribution in [0.2, 0.25) is 0 Å². The molecule has 1 aromatic heterocycles. The summed E-state index contributed by atoms with van der Waals surface area (Å²) in [6, 6.07) is 1.47. The molecule has 0 atom stereocenters. The van der Waals surface area contributed by atoms with Gasteiger partial charge in [-0.25, -0.2) is 4.79 Å². The standard InChI is InChI=1S/C13H17NO3S/c1-9(15)11-6-12(13(16)17)14(8-11)7-10-2-4-18-5-3-10/h6,8,10H,2-5,7H2,1H3,(H,16,17). The van der Waals surface area contributed by atoms with Gasteiger partial charge < -0.3 is 9.67 Å². The summed E-state index contributed by atoms with van der Waals surface area (Å²) in [6.45, 7) is 2.16. The number of Topliss-reactive ketones (excluding diaryl/α,β-unsaturated/α-hetero) is 1. The highest BCUT2D eigenvalue weighted by molar-refractivity contribution is 7.99. The number of hydrogen-bond acceptors (Lipinski definition) is 3. The first-order valence-corrected chi connectivity index (χ1v) is 7.25. The third kappa shape index (κ3) is 2.96. The normalized spacial score (nSPS) is 16.7. The smallest absolute Gasteiger partial charge is 0.352 e. The minimum Gasteiger partial charge on any atom is -0.477 e. The third-order valence-electron chi connectivity index (χ3n) is 3.32. The predicted octanol–water partition coefficient (Wildman–Crippen LogP) is 2.53. The van der Waals surface area contributed by atoms with Crippen molar-refractivity contribution in [2.75, 3.05) is 11.5 Å². The lowest BCUT2D eigenvalue weighted by atomic mass is 10.0. The van der Waals surface area contributed by atoms with Gasteiger partial charge in [-0.15, -0.1) is 0 Å². The van der Waals surface area contributed by atoms with Crippen molar-refractivity contribution >= 4 is 23.5 Å². The molecule has 0 unspecified atom stereocenters. The molecule has 1 aliphatic rings. The molecule has 1 saturated heterocycles. The van der Waals surface area contributed by atoms with Crippen LogP contribution in [0, 0.1) is 5.92 Å². The number of carboxylic acids is 1. The number of carboxylic acid groups (broad SMARTS) is 1. The van der Waals surface area contributed by atoms with Gasteiger partial charge in [0, 0.05) is 18.3 Å². The van der Waals surface area contributed by atoms with Crippen LogP contribution < -0.4 is 0 Å². The molecular formula is C13H17NO3S. The first kappa shape index (κ1) is 13.2. The van der Waals surface area contributed by atoms with Crippen LogP contribution in [-0.4, -0.2) is 32.9 Å². The summed E-state index contributed by atoms with van der Waals surface area (Å²) in [4.78, 5) is 22.5. The summed E-state index contributed by atoms with van der Waals surface area (Å²) in [6.07, 6.45) is 3.92. The van der Waals surface area contributed by atoms with E-state index in [1.165, 1.54) is 13.0 Å². The van der Waals surface area contributed by atoms with E-state index in [0.717, 1.165) is 24.3 Å². The zero-order chi connectivity index (χ0) is 13.1. The van der Waals surface area contributed by atoms with Gasteiger partial charge in [0.1, 0.15) is 5.69 Å². The number of carbonyl (C=O) groups is 2. The largest absolute Gasteiger partial charge is 0.477 e. The van der Waals surface area contributed by atoms with E-state index in [0.29, 0.717) is 18.0 Å². The SMILES string of the molecule is CC(=O)c1cc(C(=O)O)n(CC2CCSCC2)c1. The predicted molar refractivity (Wildman–Crippen MR) is 71.4 cm³/mol. The number of thioether (sulfide) groups is 1. The van der Waals surface area contributed by atoms with Crippen molar-refractivity contribution in [1.82, 2.24) is 4.57 Å². The Bertz CT molecular complexity index is 461. The van der Waals surface area contributed by atoms with Gasteiger partial charge in [-0.3, -0.25) is 4.79 Å². The highest BCUT2D eigenvalue weighted by atomic mass is 32.2. The van der Waals surface area contributed by atoms with E-state index in [9.17, 15) is 9.59 Å². The summed E-state index contributed by atoms with van der Waals surface area (Å²) < 4.78 is 1.72. The van der Waals surface area contributed by atoms with Gasteiger partial charge >= 0.3 is 5.97 Å². The van der Waals surface area contributed by atoms with E-state index >= 15 is 0 Å². The number of ketones is 1. The Kier molecular flexibility index (Phi) is 4.11. The fourth-order valence-corrected chi connectivity index (χ4v) is 3.44. The number of carbonyl (C=O) groups excluding carboxylic acids is 1. The molecule has 2 heterocycles. The molecule has 0 bridgehead atoms. The zero-order valence-electron chi connectivity index (χ0n) is 10.4. The third-order valence-corrected chi connectivity index (χ3v) is 4.37. The molecule has 4 nitrogen and oxygen atoms in total. The molecule has 0 saturated carbocycles. The number of hydrogen-bond donors (Lipinski definition) is 1. The summed E-state index contributed by atoms with van der Waals surface area (Å²) in [5.74, 6) is 1.77. The monoisotopic (exact) mass is 267 g/mol. The molecule has 0 aromatic carbocycles. The van der Waals surface area contributed by atoms with Crippen LogP contribution in [0.15, 0.2) is 12.3 Å². The molecule has 1 N–H and O–H groups in total. The van der Waals surface area contributed by atoms with Crippen LogP contribution in [0.25, 0.3) is 0 Å². The minimum atomic E-state index is -0.965. The van der Waals surface area contributed by atoms with E-state index in [2.05, 4.69) is 0 Å². The van der Waals surface area contributed by atoms with Gasteiger partial charge in [0.2, 0.25) is 0 Å². The van der Waals surface area contributed by atoms with Crippen molar-refractivity contribution in [2.24, 2.45) is 5.92 Å². The lowest BCUT2D eigenvalue weighted by Crippen LogP contribution is -2.18. The Hall–Kier alpha value is -1.23. The van der Waals surface area contributed by atoms with Crippen molar-refractivity contribution in [3.8, 4) is 0 Å². The van der Waals surface area contributed by atoms with Gasteiger partial charge in [-0.1, -0.05) is 0 Å². The first-order chi connectivity index (χ1) is 8.58. The van der Waals surface area contributed by atoms with Crippen LogP contribution in [-0.2, 0) is 6.54 Å². The Labute approximate surface area is 110 Å². The number of aromatic carboxylic acids is 1. The van der Waals surface area contributed by atoms with Crippen LogP contribution in [0.1, 0.15) is 40.6 Å². The average molecular weight is 267 g/mol. The minimum absolute atomic E-state index is 0.0875. The topological polar surface area (TPSA) is 59.3 Å². The molecule has 0 aliphatic carbocycles. The molecular weight excluding hydrogens is 250 g/mol. The summed E-state index contributed by atoms with van der Waals surface area (Å²) in [7, 11) is 0. The Morgan fingerprint density at radius 3 is 2.67 bits per heavy atom. The number of rotatable bonds is 4. The van der Waals surface area contributed by atoms with Gasteiger partial charge in [-0.05, 0) is 43.3 Å². The molecule has 0 radical (unpaired) electrons. The van der Waals surface area contributed by atoms with Crippen LogP contribution in [0.4, 0.5) is 0 Å². The highest BCUT2D eigenvalue weighted by Gasteiger charge is 2.19. The van der Waals surface area contributed by atoms with Crippen molar-refractivity contribution in [3.63, 3.8) is 0 Å². The fraction of sp³-hybridized carbons (Fsp3) is 0.538. The lowest BCUT2D eigenvalue weighted by molar-refractivity contribution is 0.0683. The molecule has 18 heavy (non-hydrogen) atoms. The van der Waals surface area contributed by atoms with Gasteiger partial charge in [0.25, 0.3) is 0 Å². The van der Waals surface area contributed by atoms with E-state index in [-0.39, 0.29) is 11.5 Å². The second-order valence-electron chi connectivity index (χ2n) is 4.68. The average Bonchev–Trinajstić information content (AvgIpc) is 2.74. The Morgan fingerprint density at radius 2 is 2.11 bits per heavy atom. The maximum absolute atomic E-state index is 11.3. The van der Waals surface area contributed by atoms with Gasteiger partial charge in [0.05, 0.1) is 0 Å². The Morgan fingerprint density at radius 1 is 1.44 bits per heavy atom. The number of nitrogens with zero attached hydrogens (tertiary/aromatic N) is 1. The maximum Gasteiger partial charge on any atom is 0.352 e.